The first kappa shape index (κ1) is 20.7. The number of nitrogens with one attached hydrogen (secondary N) is 1. The normalized spacial score (nSPS) is 17.6. The van der Waals surface area contributed by atoms with Gasteiger partial charge in [0.25, 0.3) is 5.91 Å². The lowest BCUT2D eigenvalue weighted by Gasteiger charge is -2.21. The second kappa shape index (κ2) is 8.86. The SMILES string of the molecule is COc1ccc(S(=O)(=O)N2CCCCCC2)cc1C(=O)N[C@H](C)C(C)C. The lowest BCUT2D eigenvalue weighted by atomic mass is 10.1. The minimum Gasteiger partial charge on any atom is -0.496 e. The molecule has 6 nitrogen and oxygen atoms in total. The minimum absolute atomic E-state index is 0.0296. The number of carbonyl (C=O) groups excluding carboxylic acids is 1. The first-order chi connectivity index (χ1) is 12.3. The van der Waals surface area contributed by atoms with Gasteiger partial charge in [0.1, 0.15) is 5.75 Å². The van der Waals surface area contributed by atoms with Gasteiger partial charge in [-0.2, -0.15) is 4.31 Å². The van der Waals surface area contributed by atoms with Gasteiger partial charge in [0.15, 0.2) is 0 Å². The van der Waals surface area contributed by atoms with Gasteiger partial charge in [-0.15, -0.1) is 0 Å². The van der Waals surface area contributed by atoms with Crippen LogP contribution in [0.5, 0.6) is 5.75 Å². The van der Waals surface area contributed by atoms with E-state index in [4.69, 9.17) is 4.74 Å². The number of methoxy groups -OCH3 is 1. The molecule has 1 N–H and O–H groups in total. The van der Waals surface area contributed by atoms with Crippen LogP contribution in [-0.2, 0) is 10.0 Å². The van der Waals surface area contributed by atoms with Crippen molar-refractivity contribution < 1.29 is 17.9 Å². The molecule has 1 fully saturated rings. The lowest BCUT2D eigenvalue weighted by Crippen LogP contribution is -2.36. The number of rotatable bonds is 6. The van der Waals surface area contributed by atoms with Crippen molar-refractivity contribution in [2.24, 2.45) is 5.92 Å². The molecule has 7 heteroatoms. The fraction of sp³-hybridized carbons (Fsp3) is 0.632. The molecule has 1 aromatic carbocycles. The average Bonchev–Trinajstić information content (AvgIpc) is 2.90. The van der Waals surface area contributed by atoms with Gasteiger partial charge in [-0.3, -0.25) is 4.79 Å². The number of hydrogen-bond acceptors (Lipinski definition) is 4. The molecule has 1 heterocycles. The molecule has 1 atom stereocenters. The van der Waals surface area contributed by atoms with E-state index in [0.717, 1.165) is 25.7 Å². The van der Waals surface area contributed by atoms with E-state index in [2.05, 4.69) is 5.32 Å². The second-order valence-corrected chi connectivity index (χ2v) is 9.12. The first-order valence-electron chi connectivity index (χ1n) is 9.26. The smallest absolute Gasteiger partial charge is 0.255 e. The summed E-state index contributed by atoms with van der Waals surface area (Å²) in [7, 11) is -2.14. The number of benzene rings is 1. The molecule has 1 aromatic rings. The predicted octanol–water partition coefficient (Wildman–Crippen LogP) is 3.03. The van der Waals surface area contributed by atoms with Crippen LogP contribution in [0, 0.1) is 5.92 Å². The van der Waals surface area contributed by atoms with Crippen LogP contribution in [0.25, 0.3) is 0 Å². The van der Waals surface area contributed by atoms with Gasteiger partial charge in [-0.1, -0.05) is 26.7 Å². The third-order valence-corrected chi connectivity index (χ3v) is 6.87. The Hall–Kier alpha value is -1.60. The second-order valence-electron chi connectivity index (χ2n) is 7.19. The average molecular weight is 383 g/mol. The number of ether oxygens (including phenoxy) is 1. The highest BCUT2D eigenvalue weighted by Gasteiger charge is 2.27. The molecule has 0 radical (unpaired) electrons. The van der Waals surface area contributed by atoms with Crippen molar-refractivity contribution >= 4 is 15.9 Å². The van der Waals surface area contributed by atoms with Crippen molar-refractivity contribution in [2.45, 2.75) is 57.4 Å². The summed E-state index contributed by atoms with van der Waals surface area (Å²) < 4.78 is 32.8. The van der Waals surface area contributed by atoms with E-state index in [1.807, 2.05) is 20.8 Å². The summed E-state index contributed by atoms with van der Waals surface area (Å²) in [6, 6.07) is 4.47. The summed E-state index contributed by atoms with van der Waals surface area (Å²) in [5.74, 6) is 0.318. The molecular formula is C19H30N2O4S. The van der Waals surface area contributed by atoms with E-state index in [1.54, 1.807) is 6.07 Å². The van der Waals surface area contributed by atoms with E-state index in [1.165, 1.54) is 23.5 Å². The summed E-state index contributed by atoms with van der Waals surface area (Å²) in [6.07, 6.45) is 3.84. The van der Waals surface area contributed by atoms with E-state index in [0.29, 0.717) is 18.8 Å². The fourth-order valence-corrected chi connectivity index (χ4v) is 4.45. The molecule has 0 unspecified atom stereocenters. The van der Waals surface area contributed by atoms with E-state index < -0.39 is 10.0 Å². The minimum atomic E-state index is -3.61. The topological polar surface area (TPSA) is 75.7 Å². The highest BCUT2D eigenvalue weighted by Crippen LogP contribution is 2.26. The summed E-state index contributed by atoms with van der Waals surface area (Å²) in [5, 5.41) is 2.91. The maximum Gasteiger partial charge on any atom is 0.255 e. The van der Waals surface area contributed by atoms with Crippen LogP contribution in [0.3, 0.4) is 0 Å². The van der Waals surface area contributed by atoms with Gasteiger partial charge >= 0.3 is 0 Å². The van der Waals surface area contributed by atoms with Crippen molar-refractivity contribution in [1.29, 1.82) is 0 Å². The third kappa shape index (κ3) is 4.76. The number of hydrogen-bond donors (Lipinski definition) is 1. The van der Waals surface area contributed by atoms with Crippen LogP contribution in [0.4, 0.5) is 0 Å². The lowest BCUT2D eigenvalue weighted by molar-refractivity contribution is 0.0927. The number of carbonyl (C=O) groups is 1. The van der Waals surface area contributed by atoms with Gasteiger partial charge in [0.05, 0.1) is 17.6 Å². The highest BCUT2D eigenvalue weighted by atomic mass is 32.2. The first-order valence-corrected chi connectivity index (χ1v) is 10.7. The van der Waals surface area contributed by atoms with Gasteiger partial charge < -0.3 is 10.1 Å². The Morgan fingerprint density at radius 3 is 2.27 bits per heavy atom. The Kier molecular flexibility index (Phi) is 7.06. The summed E-state index contributed by atoms with van der Waals surface area (Å²) in [6.45, 7) is 7.01. The van der Waals surface area contributed by atoms with E-state index in [9.17, 15) is 13.2 Å². The van der Waals surface area contributed by atoms with Crippen LogP contribution < -0.4 is 10.1 Å². The zero-order valence-electron chi connectivity index (χ0n) is 16.1. The standard InChI is InChI=1S/C19H30N2O4S/c1-14(2)15(3)20-19(22)17-13-16(9-10-18(17)25-4)26(23,24)21-11-7-5-6-8-12-21/h9-10,13-15H,5-8,11-12H2,1-4H3,(H,20,22)/t15-/m1/s1. The molecule has 0 spiro atoms. The van der Waals surface area contributed by atoms with Crippen molar-refractivity contribution in [3.05, 3.63) is 23.8 Å². The van der Waals surface area contributed by atoms with Crippen molar-refractivity contribution in [1.82, 2.24) is 9.62 Å². The molecule has 2 rings (SSSR count). The summed E-state index contributed by atoms with van der Waals surface area (Å²) in [5.41, 5.74) is 0.246. The Morgan fingerprint density at radius 2 is 1.73 bits per heavy atom. The van der Waals surface area contributed by atoms with E-state index >= 15 is 0 Å². The van der Waals surface area contributed by atoms with Crippen molar-refractivity contribution in [3.8, 4) is 5.75 Å². The largest absolute Gasteiger partial charge is 0.496 e. The molecule has 1 amide bonds. The van der Waals surface area contributed by atoms with E-state index in [-0.39, 0.29) is 28.3 Å². The number of sulfonamides is 1. The van der Waals surface area contributed by atoms with Crippen molar-refractivity contribution in [2.75, 3.05) is 20.2 Å². The van der Waals surface area contributed by atoms with Crippen LogP contribution in [0.2, 0.25) is 0 Å². The molecule has 1 aliphatic rings. The maximum atomic E-state index is 13.0. The molecule has 0 bridgehead atoms. The Bertz CT molecular complexity index is 723. The van der Waals surface area contributed by atoms with Crippen LogP contribution in [-0.4, -0.2) is 44.9 Å². The Labute approximate surface area is 157 Å². The van der Waals surface area contributed by atoms with Gasteiger partial charge in [-0.05, 0) is 43.9 Å². The molecule has 0 aliphatic carbocycles. The van der Waals surface area contributed by atoms with Gasteiger partial charge in [-0.25, -0.2) is 8.42 Å². The Balaban J connectivity index is 2.34. The molecular weight excluding hydrogens is 352 g/mol. The monoisotopic (exact) mass is 382 g/mol. The molecule has 1 saturated heterocycles. The summed E-state index contributed by atoms with van der Waals surface area (Å²) >= 11 is 0. The summed E-state index contributed by atoms with van der Waals surface area (Å²) in [4.78, 5) is 12.8. The Morgan fingerprint density at radius 1 is 1.12 bits per heavy atom. The third-order valence-electron chi connectivity index (χ3n) is 4.98. The fourth-order valence-electron chi connectivity index (χ4n) is 2.91. The van der Waals surface area contributed by atoms with Crippen LogP contribution >= 0.6 is 0 Å². The van der Waals surface area contributed by atoms with Gasteiger partial charge in [0, 0.05) is 19.1 Å². The quantitative estimate of drug-likeness (QED) is 0.820. The predicted molar refractivity (Wildman–Crippen MR) is 102 cm³/mol. The van der Waals surface area contributed by atoms with Crippen molar-refractivity contribution in [3.63, 3.8) is 0 Å². The number of amides is 1. The van der Waals surface area contributed by atoms with Crippen LogP contribution in [0.1, 0.15) is 56.8 Å². The van der Waals surface area contributed by atoms with Gasteiger partial charge in [0.2, 0.25) is 10.0 Å². The molecule has 1 aliphatic heterocycles. The molecule has 26 heavy (non-hydrogen) atoms. The molecule has 0 saturated carbocycles. The molecule has 0 aromatic heterocycles. The zero-order valence-corrected chi connectivity index (χ0v) is 16.9. The molecule has 146 valence electrons. The van der Waals surface area contributed by atoms with Crippen LogP contribution in [0.15, 0.2) is 23.1 Å². The highest BCUT2D eigenvalue weighted by molar-refractivity contribution is 7.89. The zero-order chi connectivity index (χ0) is 19.3. The number of nitrogens with zero attached hydrogens (tertiary/aromatic N) is 1. The maximum absolute atomic E-state index is 13.0.